The van der Waals surface area contributed by atoms with Crippen LogP contribution < -0.4 is 11.1 Å². The molecule has 92 valence electrons. The first-order valence-electron chi connectivity index (χ1n) is 5.83. The molecule has 0 aliphatic carbocycles. The maximum Gasteiger partial charge on any atom is 0.230 e. The molecular weight excluding hydrogens is 224 g/mol. The molecule has 0 aromatic heterocycles. The van der Waals surface area contributed by atoms with Crippen LogP contribution in [0.1, 0.15) is 32.6 Å². The lowest BCUT2D eigenvalue weighted by atomic mass is 10.0. The largest absolute Gasteiger partial charge is 0.393 e. The molecule has 1 aliphatic rings. The molecule has 0 spiro atoms. The van der Waals surface area contributed by atoms with Crippen LogP contribution in [0.3, 0.4) is 0 Å². The number of hydrogen-bond acceptors (Lipinski definition) is 3. The van der Waals surface area contributed by atoms with Gasteiger partial charge in [-0.1, -0.05) is 25.6 Å². The highest BCUT2D eigenvalue weighted by atomic mass is 32.1. The molecule has 1 amide bonds. The lowest BCUT2D eigenvalue weighted by Gasteiger charge is -2.16. The van der Waals surface area contributed by atoms with E-state index in [1.165, 1.54) is 0 Å². The summed E-state index contributed by atoms with van der Waals surface area (Å²) in [6.45, 7) is 3.38. The van der Waals surface area contributed by atoms with Gasteiger partial charge in [0.1, 0.15) is 0 Å². The van der Waals surface area contributed by atoms with E-state index in [0.29, 0.717) is 13.0 Å². The molecular formula is C11H20N2O2S. The number of nitrogens with two attached hydrogens (primary N) is 1. The lowest BCUT2D eigenvalue weighted by Crippen LogP contribution is -2.40. The molecule has 1 rings (SSSR count). The zero-order valence-corrected chi connectivity index (χ0v) is 10.5. The maximum absolute atomic E-state index is 11.8. The van der Waals surface area contributed by atoms with Crippen molar-refractivity contribution in [2.24, 2.45) is 11.7 Å². The van der Waals surface area contributed by atoms with Crippen LogP contribution in [0.4, 0.5) is 0 Å². The summed E-state index contributed by atoms with van der Waals surface area (Å²) < 4.78 is 5.42. The van der Waals surface area contributed by atoms with Crippen LogP contribution in [0.25, 0.3) is 0 Å². The topological polar surface area (TPSA) is 64.3 Å². The molecule has 1 saturated heterocycles. The highest BCUT2D eigenvalue weighted by Gasteiger charge is 2.22. The third-order valence-corrected chi connectivity index (χ3v) is 3.05. The molecule has 1 fully saturated rings. The first-order chi connectivity index (χ1) is 7.65. The third-order valence-electron chi connectivity index (χ3n) is 2.77. The average Bonchev–Trinajstić information content (AvgIpc) is 2.75. The van der Waals surface area contributed by atoms with E-state index in [9.17, 15) is 4.79 Å². The van der Waals surface area contributed by atoms with Crippen LogP contribution >= 0.6 is 12.2 Å². The molecule has 2 unspecified atom stereocenters. The minimum Gasteiger partial charge on any atom is -0.393 e. The van der Waals surface area contributed by atoms with Crippen molar-refractivity contribution >= 4 is 23.1 Å². The monoisotopic (exact) mass is 244 g/mol. The first kappa shape index (κ1) is 13.4. The molecule has 16 heavy (non-hydrogen) atoms. The number of ether oxygens (including phenoxy) is 1. The Kier molecular flexibility index (Phi) is 5.69. The van der Waals surface area contributed by atoms with Gasteiger partial charge in [0.15, 0.2) is 0 Å². The van der Waals surface area contributed by atoms with Gasteiger partial charge in [0, 0.05) is 13.2 Å². The minimum atomic E-state index is -0.332. The van der Waals surface area contributed by atoms with Gasteiger partial charge in [-0.25, -0.2) is 0 Å². The van der Waals surface area contributed by atoms with E-state index in [4.69, 9.17) is 22.7 Å². The zero-order valence-electron chi connectivity index (χ0n) is 9.70. The zero-order chi connectivity index (χ0) is 12.0. The SMILES string of the molecule is CCCC(C(=O)NCC1CCCO1)C(N)=S. The second kappa shape index (κ2) is 6.81. The van der Waals surface area contributed by atoms with Gasteiger partial charge in [-0.3, -0.25) is 4.79 Å². The van der Waals surface area contributed by atoms with Crippen LogP contribution in [0.5, 0.6) is 0 Å². The Labute approximate surface area is 102 Å². The fraction of sp³-hybridized carbons (Fsp3) is 0.818. The van der Waals surface area contributed by atoms with Crippen LogP contribution in [0.2, 0.25) is 0 Å². The molecule has 5 heteroatoms. The average molecular weight is 244 g/mol. The van der Waals surface area contributed by atoms with Gasteiger partial charge in [-0.2, -0.15) is 0 Å². The second-order valence-electron chi connectivity index (χ2n) is 4.12. The highest BCUT2D eigenvalue weighted by molar-refractivity contribution is 7.80. The molecule has 0 aromatic carbocycles. The Bertz CT molecular complexity index is 252. The number of carbonyl (C=O) groups is 1. The molecule has 1 heterocycles. The van der Waals surface area contributed by atoms with Crippen molar-refractivity contribution in [3.63, 3.8) is 0 Å². The molecule has 0 aromatic rings. The van der Waals surface area contributed by atoms with Crippen molar-refractivity contribution in [1.82, 2.24) is 5.32 Å². The van der Waals surface area contributed by atoms with Gasteiger partial charge in [-0.15, -0.1) is 0 Å². The summed E-state index contributed by atoms with van der Waals surface area (Å²) in [5.41, 5.74) is 5.55. The number of rotatable bonds is 6. The van der Waals surface area contributed by atoms with Gasteiger partial charge in [0.2, 0.25) is 5.91 Å². The first-order valence-corrected chi connectivity index (χ1v) is 6.24. The Morgan fingerprint density at radius 2 is 2.44 bits per heavy atom. The highest BCUT2D eigenvalue weighted by Crippen LogP contribution is 2.12. The van der Waals surface area contributed by atoms with Crippen molar-refractivity contribution in [3.05, 3.63) is 0 Å². The van der Waals surface area contributed by atoms with Crippen LogP contribution in [-0.4, -0.2) is 30.2 Å². The van der Waals surface area contributed by atoms with Gasteiger partial charge < -0.3 is 15.8 Å². The van der Waals surface area contributed by atoms with Crippen molar-refractivity contribution in [3.8, 4) is 0 Å². The van der Waals surface area contributed by atoms with Crippen LogP contribution in [-0.2, 0) is 9.53 Å². The summed E-state index contributed by atoms with van der Waals surface area (Å²) in [5, 5.41) is 2.86. The van der Waals surface area contributed by atoms with Gasteiger partial charge in [0.25, 0.3) is 0 Å². The smallest absolute Gasteiger partial charge is 0.230 e. The van der Waals surface area contributed by atoms with Crippen molar-refractivity contribution in [2.45, 2.75) is 38.7 Å². The Morgan fingerprint density at radius 1 is 1.69 bits per heavy atom. The number of nitrogens with one attached hydrogen (secondary N) is 1. The number of hydrogen-bond donors (Lipinski definition) is 2. The number of thiocarbonyl (C=S) groups is 1. The summed E-state index contributed by atoms with van der Waals surface area (Å²) in [6.07, 6.45) is 3.87. The number of amides is 1. The van der Waals surface area contributed by atoms with Gasteiger partial charge in [0.05, 0.1) is 17.0 Å². The second-order valence-corrected chi connectivity index (χ2v) is 4.60. The normalized spacial score (nSPS) is 21.7. The predicted octanol–water partition coefficient (Wildman–Crippen LogP) is 0.984. The van der Waals surface area contributed by atoms with E-state index in [1.807, 2.05) is 6.92 Å². The van der Waals surface area contributed by atoms with E-state index < -0.39 is 0 Å². The maximum atomic E-state index is 11.8. The summed E-state index contributed by atoms with van der Waals surface area (Å²) >= 11 is 4.89. The Balaban J connectivity index is 2.33. The summed E-state index contributed by atoms with van der Waals surface area (Å²) in [5.74, 6) is -0.397. The molecule has 0 radical (unpaired) electrons. The van der Waals surface area contributed by atoms with Crippen LogP contribution in [0, 0.1) is 5.92 Å². The predicted molar refractivity (Wildman–Crippen MR) is 67.2 cm³/mol. The van der Waals surface area contributed by atoms with E-state index in [0.717, 1.165) is 25.9 Å². The molecule has 0 saturated carbocycles. The fourth-order valence-electron chi connectivity index (χ4n) is 1.83. The lowest BCUT2D eigenvalue weighted by molar-refractivity contribution is -0.123. The Morgan fingerprint density at radius 3 is 2.94 bits per heavy atom. The van der Waals surface area contributed by atoms with Gasteiger partial charge in [-0.05, 0) is 19.3 Å². The molecule has 2 atom stereocenters. The molecule has 1 aliphatic heterocycles. The summed E-state index contributed by atoms with van der Waals surface area (Å²) in [4.78, 5) is 12.1. The van der Waals surface area contributed by atoms with E-state index in [2.05, 4.69) is 5.32 Å². The van der Waals surface area contributed by atoms with Crippen molar-refractivity contribution in [1.29, 1.82) is 0 Å². The molecule has 3 N–H and O–H groups in total. The minimum absolute atomic E-state index is 0.0650. The Hall–Kier alpha value is -0.680. The molecule has 4 nitrogen and oxygen atoms in total. The fourth-order valence-corrected chi connectivity index (χ4v) is 2.06. The van der Waals surface area contributed by atoms with E-state index in [1.54, 1.807) is 0 Å². The molecule has 0 bridgehead atoms. The quantitative estimate of drug-likeness (QED) is 0.684. The van der Waals surface area contributed by atoms with Crippen LogP contribution in [0.15, 0.2) is 0 Å². The summed E-state index contributed by atoms with van der Waals surface area (Å²) in [6, 6.07) is 0. The summed E-state index contributed by atoms with van der Waals surface area (Å²) in [7, 11) is 0. The van der Waals surface area contributed by atoms with Crippen molar-refractivity contribution < 1.29 is 9.53 Å². The van der Waals surface area contributed by atoms with E-state index >= 15 is 0 Å². The van der Waals surface area contributed by atoms with Crippen molar-refractivity contribution in [2.75, 3.05) is 13.2 Å². The van der Waals surface area contributed by atoms with E-state index in [-0.39, 0.29) is 22.9 Å². The number of carbonyl (C=O) groups excluding carboxylic acids is 1. The standard InChI is InChI=1S/C11H20N2O2S/c1-2-4-9(10(12)16)11(14)13-7-8-5-3-6-15-8/h8-9H,2-7H2,1H3,(H2,12,16)(H,13,14). The third kappa shape index (κ3) is 4.06. The van der Waals surface area contributed by atoms with Gasteiger partial charge >= 0.3 is 0 Å².